The van der Waals surface area contributed by atoms with Crippen LogP contribution in [-0.2, 0) is 12.4 Å². The van der Waals surface area contributed by atoms with E-state index in [1.807, 2.05) is 36.4 Å². The summed E-state index contributed by atoms with van der Waals surface area (Å²) < 4.78 is 0. The maximum atomic E-state index is 8.97. The zero-order chi connectivity index (χ0) is 13.0. The van der Waals surface area contributed by atoms with Crippen molar-refractivity contribution in [2.45, 2.75) is 17.3 Å². The molecule has 0 aliphatic rings. The van der Waals surface area contributed by atoms with Crippen molar-refractivity contribution in [3.63, 3.8) is 0 Å². The van der Waals surface area contributed by atoms with E-state index in [9.17, 15) is 0 Å². The summed E-state index contributed by atoms with van der Waals surface area (Å²) in [7, 11) is 0. The fourth-order valence-corrected chi connectivity index (χ4v) is 2.75. The van der Waals surface area contributed by atoms with Gasteiger partial charge < -0.3 is 10.8 Å². The molecule has 0 unspecified atom stereocenters. The molecule has 2 aromatic rings. The summed E-state index contributed by atoms with van der Waals surface area (Å²) in [5.41, 5.74) is 8.57. The molecule has 94 valence electrons. The lowest BCUT2D eigenvalue weighted by Gasteiger charge is -2.06. The van der Waals surface area contributed by atoms with E-state index in [1.165, 1.54) is 5.56 Å². The summed E-state index contributed by atoms with van der Waals surface area (Å²) in [5.74, 6) is 0.828. The standard InChI is InChI=1S/C14H14ClNOS/c15-13-6-5-12(16)7-14(13)18-9-11-3-1-10(8-17)2-4-11/h1-7,17H,8-9,16H2. The van der Waals surface area contributed by atoms with Crippen molar-refractivity contribution in [3.05, 3.63) is 58.6 Å². The van der Waals surface area contributed by atoms with Crippen LogP contribution >= 0.6 is 23.4 Å². The van der Waals surface area contributed by atoms with Gasteiger partial charge in [0.1, 0.15) is 0 Å². The van der Waals surface area contributed by atoms with Gasteiger partial charge in [0.15, 0.2) is 0 Å². The molecule has 0 aliphatic carbocycles. The molecule has 2 rings (SSSR count). The van der Waals surface area contributed by atoms with Crippen LogP contribution in [0.4, 0.5) is 5.69 Å². The number of benzene rings is 2. The minimum Gasteiger partial charge on any atom is -0.399 e. The molecule has 3 N–H and O–H groups in total. The van der Waals surface area contributed by atoms with Gasteiger partial charge in [-0.25, -0.2) is 0 Å². The van der Waals surface area contributed by atoms with Crippen molar-refractivity contribution in [1.82, 2.24) is 0 Å². The minimum atomic E-state index is 0.0778. The van der Waals surface area contributed by atoms with Crippen molar-refractivity contribution in [3.8, 4) is 0 Å². The highest BCUT2D eigenvalue weighted by Crippen LogP contribution is 2.31. The van der Waals surface area contributed by atoms with Crippen LogP contribution in [0.2, 0.25) is 5.02 Å². The predicted molar refractivity (Wildman–Crippen MR) is 77.8 cm³/mol. The maximum absolute atomic E-state index is 8.97. The number of aliphatic hydroxyl groups is 1. The lowest BCUT2D eigenvalue weighted by molar-refractivity contribution is 0.282. The molecule has 0 heterocycles. The van der Waals surface area contributed by atoms with Gasteiger partial charge in [-0.15, -0.1) is 11.8 Å². The number of hydrogen-bond acceptors (Lipinski definition) is 3. The topological polar surface area (TPSA) is 46.2 Å². The van der Waals surface area contributed by atoms with E-state index in [1.54, 1.807) is 17.8 Å². The molecule has 0 fully saturated rings. The molecule has 2 nitrogen and oxygen atoms in total. The number of halogens is 1. The molecule has 2 aromatic carbocycles. The van der Waals surface area contributed by atoms with Crippen molar-refractivity contribution >= 4 is 29.1 Å². The fourth-order valence-electron chi connectivity index (χ4n) is 1.53. The first-order valence-corrected chi connectivity index (χ1v) is 6.92. The lowest BCUT2D eigenvalue weighted by atomic mass is 10.2. The molecule has 4 heteroatoms. The van der Waals surface area contributed by atoms with Gasteiger partial charge in [-0.1, -0.05) is 35.9 Å². The lowest BCUT2D eigenvalue weighted by Crippen LogP contribution is -1.87. The summed E-state index contributed by atoms with van der Waals surface area (Å²) in [6.07, 6.45) is 0. The zero-order valence-corrected chi connectivity index (χ0v) is 11.3. The highest BCUT2D eigenvalue weighted by molar-refractivity contribution is 7.98. The molecular weight excluding hydrogens is 266 g/mol. The third kappa shape index (κ3) is 3.42. The summed E-state index contributed by atoms with van der Waals surface area (Å²) >= 11 is 7.75. The van der Waals surface area contributed by atoms with Crippen LogP contribution in [0.15, 0.2) is 47.4 Å². The number of hydrogen-bond donors (Lipinski definition) is 2. The van der Waals surface area contributed by atoms with E-state index in [2.05, 4.69) is 0 Å². The van der Waals surface area contributed by atoms with Gasteiger partial charge in [0.05, 0.1) is 11.6 Å². The highest BCUT2D eigenvalue weighted by atomic mass is 35.5. The van der Waals surface area contributed by atoms with E-state index in [-0.39, 0.29) is 6.61 Å². The average Bonchev–Trinajstić information content (AvgIpc) is 2.40. The van der Waals surface area contributed by atoms with Crippen molar-refractivity contribution in [1.29, 1.82) is 0 Å². The van der Waals surface area contributed by atoms with Crippen LogP contribution in [-0.4, -0.2) is 5.11 Å². The van der Waals surface area contributed by atoms with E-state index in [0.717, 1.165) is 26.9 Å². The molecule has 0 spiro atoms. The fraction of sp³-hybridized carbons (Fsp3) is 0.143. The summed E-state index contributed by atoms with van der Waals surface area (Å²) in [6, 6.07) is 13.4. The van der Waals surface area contributed by atoms with E-state index in [0.29, 0.717) is 0 Å². The molecule has 0 atom stereocenters. The van der Waals surface area contributed by atoms with Gasteiger partial charge in [-0.05, 0) is 29.3 Å². The second-order valence-corrected chi connectivity index (χ2v) is 5.38. The number of nitrogen functional groups attached to an aromatic ring is 1. The first-order chi connectivity index (χ1) is 8.69. The Morgan fingerprint density at radius 3 is 2.39 bits per heavy atom. The van der Waals surface area contributed by atoms with Crippen LogP contribution < -0.4 is 5.73 Å². The second kappa shape index (κ2) is 6.14. The molecule has 0 aromatic heterocycles. The summed E-state index contributed by atoms with van der Waals surface area (Å²) in [4.78, 5) is 0.989. The van der Waals surface area contributed by atoms with Gasteiger partial charge in [0.25, 0.3) is 0 Å². The van der Waals surface area contributed by atoms with Crippen molar-refractivity contribution < 1.29 is 5.11 Å². The first-order valence-electron chi connectivity index (χ1n) is 5.55. The van der Waals surface area contributed by atoms with Gasteiger partial charge in [0.2, 0.25) is 0 Å². The molecule has 0 saturated heterocycles. The molecule has 0 amide bonds. The third-order valence-electron chi connectivity index (χ3n) is 2.56. The number of anilines is 1. The number of rotatable bonds is 4. The maximum Gasteiger partial charge on any atom is 0.0681 e. The van der Waals surface area contributed by atoms with Crippen LogP contribution in [0.25, 0.3) is 0 Å². The monoisotopic (exact) mass is 279 g/mol. The highest BCUT2D eigenvalue weighted by Gasteiger charge is 2.02. The number of aliphatic hydroxyl groups excluding tert-OH is 1. The van der Waals surface area contributed by atoms with Gasteiger partial charge in [-0.2, -0.15) is 0 Å². The van der Waals surface area contributed by atoms with Crippen molar-refractivity contribution in [2.75, 3.05) is 5.73 Å². The molecule has 18 heavy (non-hydrogen) atoms. The van der Waals surface area contributed by atoms with Gasteiger partial charge in [0, 0.05) is 16.3 Å². The van der Waals surface area contributed by atoms with Gasteiger partial charge >= 0.3 is 0 Å². The summed E-state index contributed by atoms with van der Waals surface area (Å²) in [5, 5.41) is 9.69. The zero-order valence-electron chi connectivity index (χ0n) is 9.77. The normalized spacial score (nSPS) is 10.6. The van der Waals surface area contributed by atoms with Crippen LogP contribution in [0.3, 0.4) is 0 Å². The second-order valence-electron chi connectivity index (χ2n) is 3.95. The quantitative estimate of drug-likeness (QED) is 0.662. The Kier molecular flexibility index (Phi) is 4.53. The van der Waals surface area contributed by atoms with E-state index in [4.69, 9.17) is 22.4 Å². The van der Waals surface area contributed by atoms with E-state index >= 15 is 0 Å². The molecule has 0 saturated carbocycles. The molecular formula is C14H14ClNOS. The van der Waals surface area contributed by atoms with Crippen LogP contribution in [0.5, 0.6) is 0 Å². The van der Waals surface area contributed by atoms with Crippen LogP contribution in [0.1, 0.15) is 11.1 Å². The van der Waals surface area contributed by atoms with E-state index < -0.39 is 0 Å². The Morgan fingerprint density at radius 1 is 1.06 bits per heavy atom. The number of thioether (sulfide) groups is 1. The summed E-state index contributed by atoms with van der Waals surface area (Å²) in [6.45, 7) is 0.0778. The Labute approximate surface area is 116 Å². The molecule has 0 radical (unpaired) electrons. The predicted octanol–water partition coefficient (Wildman–Crippen LogP) is 3.71. The Hall–Kier alpha value is -1.16. The minimum absolute atomic E-state index is 0.0778. The molecule has 0 aliphatic heterocycles. The Morgan fingerprint density at radius 2 is 1.72 bits per heavy atom. The average molecular weight is 280 g/mol. The Balaban J connectivity index is 2.04. The van der Waals surface area contributed by atoms with Gasteiger partial charge in [-0.3, -0.25) is 0 Å². The first kappa shape index (κ1) is 13.3. The van der Waals surface area contributed by atoms with Crippen molar-refractivity contribution in [2.24, 2.45) is 0 Å². The third-order valence-corrected chi connectivity index (χ3v) is 4.12. The largest absolute Gasteiger partial charge is 0.399 e. The smallest absolute Gasteiger partial charge is 0.0681 e. The number of nitrogens with two attached hydrogens (primary N) is 1. The molecule has 0 bridgehead atoms. The SMILES string of the molecule is Nc1ccc(Cl)c(SCc2ccc(CO)cc2)c1. The Bertz CT molecular complexity index is 528. The van der Waals surface area contributed by atoms with Crippen LogP contribution in [0, 0.1) is 0 Å².